The monoisotopic (exact) mass is 275 g/mol. The van der Waals surface area contributed by atoms with Crippen LogP contribution in [0.3, 0.4) is 0 Å². The first-order valence-electron chi connectivity index (χ1n) is 6.05. The van der Waals surface area contributed by atoms with Crippen LogP contribution in [0.15, 0.2) is 36.4 Å². The maximum atomic E-state index is 12.1. The van der Waals surface area contributed by atoms with Crippen LogP contribution in [0.4, 0.5) is 5.69 Å². The third-order valence-corrected chi connectivity index (χ3v) is 3.95. The number of carbonyl (C=O) groups excluding carboxylic acids is 1. The molecule has 0 spiro atoms. The summed E-state index contributed by atoms with van der Waals surface area (Å²) in [6.07, 6.45) is 0. The van der Waals surface area contributed by atoms with E-state index < -0.39 is 0 Å². The fraction of sp³-hybridized carbons (Fsp3) is 0.267. The second-order valence-electron chi connectivity index (χ2n) is 4.39. The quantitative estimate of drug-likeness (QED) is 0.783. The Morgan fingerprint density at radius 1 is 1.21 bits per heavy atom. The summed E-state index contributed by atoms with van der Waals surface area (Å²) in [5.41, 5.74) is 1.00. The first-order valence-corrected chi connectivity index (χ1v) is 6.86. The number of ketones is 1. The predicted molar refractivity (Wildman–Crippen MR) is 79.7 cm³/mol. The number of Topliss-reactive ketones (excluding diaryl/α,β-unsaturated/α-hetero) is 1. The highest BCUT2D eigenvalue weighted by atomic mass is 32.1. The molecule has 0 radical (unpaired) electrons. The molecule has 0 aliphatic rings. The second kappa shape index (κ2) is 5.89. The third kappa shape index (κ3) is 3.35. The number of benzene rings is 1. The van der Waals surface area contributed by atoms with Crippen LogP contribution < -0.4 is 9.64 Å². The van der Waals surface area contributed by atoms with Gasteiger partial charge in [-0.25, -0.2) is 0 Å². The Bertz CT molecular complexity index is 560. The van der Waals surface area contributed by atoms with Gasteiger partial charge in [0.25, 0.3) is 0 Å². The van der Waals surface area contributed by atoms with Crippen LogP contribution in [0.2, 0.25) is 0 Å². The van der Waals surface area contributed by atoms with Gasteiger partial charge in [-0.2, -0.15) is 0 Å². The molecular weight excluding hydrogens is 258 g/mol. The van der Waals surface area contributed by atoms with E-state index in [1.165, 1.54) is 0 Å². The van der Waals surface area contributed by atoms with Crippen LogP contribution in [-0.2, 0) is 0 Å². The lowest BCUT2D eigenvalue weighted by Crippen LogP contribution is -2.25. The van der Waals surface area contributed by atoms with E-state index in [9.17, 15) is 4.79 Å². The molecule has 2 aromatic rings. The molecule has 0 bridgehead atoms. The zero-order chi connectivity index (χ0) is 13.8. The van der Waals surface area contributed by atoms with Gasteiger partial charge in [0.2, 0.25) is 0 Å². The zero-order valence-electron chi connectivity index (χ0n) is 11.3. The van der Waals surface area contributed by atoms with E-state index in [4.69, 9.17) is 4.74 Å². The Labute approximate surface area is 117 Å². The lowest BCUT2D eigenvalue weighted by atomic mass is 10.2. The molecule has 0 atom stereocenters. The minimum absolute atomic E-state index is 0.149. The number of carbonyl (C=O) groups is 1. The van der Waals surface area contributed by atoms with Gasteiger partial charge >= 0.3 is 0 Å². The zero-order valence-corrected chi connectivity index (χ0v) is 12.2. The van der Waals surface area contributed by atoms with Gasteiger partial charge in [-0.05, 0) is 43.3 Å². The summed E-state index contributed by atoms with van der Waals surface area (Å²) in [6.45, 7) is 2.39. The lowest BCUT2D eigenvalue weighted by Gasteiger charge is -2.18. The topological polar surface area (TPSA) is 29.5 Å². The van der Waals surface area contributed by atoms with Gasteiger partial charge in [0.1, 0.15) is 5.75 Å². The van der Waals surface area contributed by atoms with Gasteiger partial charge in [0.05, 0.1) is 18.5 Å². The van der Waals surface area contributed by atoms with E-state index in [0.29, 0.717) is 6.54 Å². The molecule has 3 nitrogen and oxygen atoms in total. The second-order valence-corrected chi connectivity index (χ2v) is 5.68. The van der Waals surface area contributed by atoms with Crippen molar-refractivity contribution in [3.05, 3.63) is 46.2 Å². The van der Waals surface area contributed by atoms with E-state index in [1.54, 1.807) is 18.4 Å². The smallest absolute Gasteiger partial charge is 0.191 e. The molecule has 0 N–H and O–H groups in total. The number of hydrogen-bond acceptors (Lipinski definition) is 4. The van der Waals surface area contributed by atoms with Gasteiger partial charge in [0.15, 0.2) is 5.78 Å². The molecule has 1 heterocycles. The third-order valence-electron chi connectivity index (χ3n) is 2.91. The SMILES string of the molecule is COc1ccc(N(C)CC(=O)c2ccc(C)s2)cc1. The average molecular weight is 275 g/mol. The normalized spacial score (nSPS) is 10.3. The van der Waals surface area contributed by atoms with Gasteiger partial charge < -0.3 is 9.64 Å². The van der Waals surface area contributed by atoms with Crippen molar-refractivity contribution in [1.29, 1.82) is 0 Å². The van der Waals surface area contributed by atoms with E-state index >= 15 is 0 Å². The molecule has 0 unspecified atom stereocenters. The molecule has 0 fully saturated rings. The molecule has 4 heteroatoms. The number of aryl methyl sites for hydroxylation is 1. The highest BCUT2D eigenvalue weighted by Gasteiger charge is 2.11. The van der Waals surface area contributed by atoms with Crippen LogP contribution in [0.5, 0.6) is 5.75 Å². The molecule has 0 amide bonds. The van der Waals surface area contributed by atoms with Crippen molar-refractivity contribution in [3.8, 4) is 5.75 Å². The van der Waals surface area contributed by atoms with Crippen LogP contribution in [-0.4, -0.2) is 26.5 Å². The molecule has 19 heavy (non-hydrogen) atoms. The lowest BCUT2D eigenvalue weighted by molar-refractivity contribution is 0.100. The van der Waals surface area contributed by atoms with E-state index in [1.807, 2.05) is 55.3 Å². The van der Waals surface area contributed by atoms with Crippen LogP contribution in [0, 0.1) is 6.92 Å². The molecule has 0 aliphatic heterocycles. The van der Waals surface area contributed by atoms with E-state index in [0.717, 1.165) is 21.2 Å². The number of hydrogen-bond donors (Lipinski definition) is 0. The first kappa shape index (κ1) is 13.6. The predicted octanol–water partition coefficient (Wildman–Crippen LogP) is 3.38. The maximum absolute atomic E-state index is 12.1. The number of rotatable bonds is 5. The van der Waals surface area contributed by atoms with Crippen LogP contribution >= 0.6 is 11.3 Å². The number of likely N-dealkylation sites (N-methyl/N-ethyl adjacent to an activating group) is 1. The average Bonchev–Trinajstić information content (AvgIpc) is 2.85. The summed E-state index contributed by atoms with van der Waals surface area (Å²) in [6, 6.07) is 11.6. The highest BCUT2D eigenvalue weighted by molar-refractivity contribution is 7.14. The van der Waals surface area contributed by atoms with Crippen molar-refractivity contribution in [3.63, 3.8) is 0 Å². The van der Waals surface area contributed by atoms with Crippen molar-refractivity contribution < 1.29 is 9.53 Å². The molecule has 0 aliphatic carbocycles. The molecular formula is C15H17NO2S. The van der Waals surface area contributed by atoms with Gasteiger partial charge in [-0.1, -0.05) is 0 Å². The van der Waals surface area contributed by atoms with Crippen LogP contribution in [0.25, 0.3) is 0 Å². The summed E-state index contributed by atoms with van der Waals surface area (Å²) >= 11 is 1.54. The maximum Gasteiger partial charge on any atom is 0.191 e. The number of methoxy groups -OCH3 is 1. The van der Waals surface area contributed by atoms with Gasteiger partial charge in [-0.3, -0.25) is 4.79 Å². The Kier molecular flexibility index (Phi) is 4.22. The highest BCUT2D eigenvalue weighted by Crippen LogP contribution is 2.20. The van der Waals surface area contributed by atoms with E-state index in [-0.39, 0.29) is 5.78 Å². The fourth-order valence-corrected chi connectivity index (χ4v) is 2.60. The summed E-state index contributed by atoms with van der Waals surface area (Å²) in [7, 11) is 3.56. The first-order chi connectivity index (χ1) is 9.10. The molecule has 0 saturated heterocycles. The number of thiophene rings is 1. The van der Waals surface area contributed by atoms with Crippen LogP contribution in [0.1, 0.15) is 14.5 Å². The van der Waals surface area contributed by atoms with Crippen molar-refractivity contribution >= 4 is 22.8 Å². The Hall–Kier alpha value is -1.81. The Balaban J connectivity index is 2.03. The fourth-order valence-electron chi connectivity index (χ4n) is 1.81. The van der Waals surface area contributed by atoms with Crippen molar-refractivity contribution in [1.82, 2.24) is 0 Å². The standard InChI is InChI=1S/C15H17NO2S/c1-11-4-9-15(19-11)14(17)10-16(2)12-5-7-13(18-3)8-6-12/h4-9H,10H2,1-3H3. The van der Waals surface area contributed by atoms with Gasteiger partial charge in [0, 0.05) is 17.6 Å². The largest absolute Gasteiger partial charge is 0.497 e. The van der Waals surface area contributed by atoms with Crippen molar-refractivity contribution in [2.75, 3.05) is 25.6 Å². The van der Waals surface area contributed by atoms with Crippen molar-refractivity contribution in [2.24, 2.45) is 0 Å². The molecule has 2 rings (SSSR count). The summed E-state index contributed by atoms with van der Waals surface area (Å²) < 4.78 is 5.12. The minimum atomic E-state index is 0.149. The summed E-state index contributed by atoms with van der Waals surface area (Å²) in [5, 5.41) is 0. The summed E-state index contributed by atoms with van der Waals surface area (Å²) in [4.78, 5) is 16.0. The number of nitrogens with zero attached hydrogens (tertiary/aromatic N) is 1. The molecule has 100 valence electrons. The van der Waals surface area contributed by atoms with E-state index in [2.05, 4.69) is 0 Å². The number of anilines is 1. The van der Waals surface area contributed by atoms with Gasteiger partial charge in [-0.15, -0.1) is 11.3 Å². The molecule has 0 saturated carbocycles. The summed E-state index contributed by atoms with van der Waals surface area (Å²) in [5.74, 6) is 0.966. The van der Waals surface area contributed by atoms with Crippen molar-refractivity contribution in [2.45, 2.75) is 6.92 Å². The molecule has 1 aromatic heterocycles. The molecule has 1 aromatic carbocycles. The Morgan fingerprint density at radius 3 is 2.42 bits per heavy atom. The minimum Gasteiger partial charge on any atom is -0.497 e. The Morgan fingerprint density at radius 2 is 1.89 bits per heavy atom. The number of ether oxygens (including phenoxy) is 1.